The lowest BCUT2D eigenvalue weighted by Crippen LogP contribution is -2.28. The van der Waals surface area contributed by atoms with E-state index < -0.39 is 0 Å². The van der Waals surface area contributed by atoms with E-state index in [0.29, 0.717) is 13.0 Å². The molecule has 0 spiro atoms. The van der Waals surface area contributed by atoms with E-state index in [0.717, 1.165) is 16.0 Å². The SMILES string of the molecule is CN(C)C(=O)CCN(C)c1ncnc2sc(-c3ccccc3)cc12. The normalized spacial score (nSPS) is 10.8. The van der Waals surface area contributed by atoms with Gasteiger partial charge in [-0.15, -0.1) is 11.3 Å². The molecule has 0 unspecified atom stereocenters. The summed E-state index contributed by atoms with van der Waals surface area (Å²) in [5.41, 5.74) is 1.18. The van der Waals surface area contributed by atoms with Gasteiger partial charge in [0.1, 0.15) is 17.0 Å². The molecule has 0 atom stereocenters. The summed E-state index contributed by atoms with van der Waals surface area (Å²) < 4.78 is 0. The van der Waals surface area contributed by atoms with E-state index in [4.69, 9.17) is 0 Å². The lowest BCUT2D eigenvalue weighted by atomic mass is 10.2. The molecule has 0 N–H and O–H groups in total. The van der Waals surface area contributed by atoms with Gasteiger partial charge in [-0.25, -0.2) is 9.97 Å². The van der Waals surface area contributed by atoms with Crippen molar-refractivity contribution in [3.05, 3.63) is 42.7 Å². The van der Waals surface area contributed by atoms with Crippen LogP contribution in [-0.4, -0.2) is 48.5 Å². The van der Waals surface area contributed by atoms with E-state index in [9.17, 15) is 4.79 Å². The molecule has 0 aliphatic heterocycles. The van der Waals surface area contributed by atoms with Crippen LogP contribution in [0.2, 0.25) is 0 Å². The molecule has 2 aromatic heterocycles. The van der Waals surface area contributed by atoms with Crippen LogP contribution in [0.1, 0.15) is 6.42 Å². The molecule has 0 bridgehead atoms. The zero-order valence-corrected chi connectivity index (χ0v) is 14.9. The number of anilines is 1. The molecule has 2 heterocycles. The van der Waals surface area contributed by atoms with Gasteiger partial charge in [-0.3, -0.25) is 4.79 Å². The van der Waals surface area contributed by atoms with Crippen LogP contribution in [0, 0.1) is 0 Å². The number of hydrogen-bond acceptors (Lipinski definition) is 5. The maximum Gasteiger partial charge on any atom is 0.223 e. The summed E-state index contributed by atoms with van der Waals surface area (Å²) in [5.74, 6) is 0.979. The second-order valence-electron chi connectivity index (χ2n) is 5.85. The van der Waals surface area contributed by atoms with Gasteiger partial charge in [-0.2, -0.15) is 0 Å². The Labute approximate surface area is 145 Å². The molecule has 0 fully saturated rings. The number of aromatic nitrogens is 2. The highest BCUT2D eigenvalue weighted by Gasteiger charge is 2.14. The summed E-state index contributed by atoms with van der Waals surface area (Å²) in [6.45, 7) is 0.625. The number of nitrogens with zero attached hydrogens (tertiary/aromatic N) is 4. The molecule has 1 amide bonds. The minimum atomic E-state index is 0.113. The Morgan fingerprint density at radius 2 is 1.88 bits per heavy atom. The van der Waals surface area contributed by atoms with E-state index in [1.165, 1.54) is 10.4 Å². The van der Waals surface area contributed by atoms with Crippen LogP contribution < -0.4 is 4.90 Å². The van der Waals surface area contributed by atoms with Gasteiger partial charge >= 0.3 is 0 Å². The van der Waals surface area contributed by atoms with E-state index in [1.54, 1.807) is 36.7 Å². The topological polar surface area (TPSA) is 49.3 Å². The van der Waals surface area contributed by atoms with Crippen LogP contribution in [-0.2, 0) is 4.79 Å². The number of rotatable bonds is 5. The number of thiophene rings is 1. The minimum Gasteiger partial charge on any atom is -0.359 e. The third kappa shape index (κ3) is 3.38. The first-order valence-electron chi connectivity index (χ1n) is 7.77. The summed E-state index contributed by atoms with van der Waals surface area (Å²) in [5, 5.41) is 1.03. The highest BCUT2D eigenvalue weighted by Crippen LogP contribution is 2.35. The molecular weight excluding hydrogens is 320 g/mol. The van der Waals surface area contributed by atoms with Crippen molar-refractivity contribution in [1.82, 2.24) is 14.9 Å². The first kappa shape index (κ1) is 16.4. The largest absolute Gasteiger partial charge is 0.359 e. The Morgan fingerprint density at radius 1 is 1.12 bits per heavy atom. The number of carbonyl (C=O) groups is 1. The fourth-order valence-electron chi connectivity index (χ4n) is 2.48. The standard InChI is InChI=1S/C18H20N4OS/c1-21(2)16(23)9-10-22(3)17-14-11-15(13-7-5-4-6-8-13)24-18(14)20-12-19-17/h4-8,11-12H,9-10H2,1-3H3. The number of benzene rings is 1. The number of fused-ring (bicyclic) bond motifs is 1. The molecule has 0 radical (unpaired) electrons. The van der Waals surface area contributed by atoms with Crippen molar-refractivity contribution in [3.8, 4) is 10.4 Å². The predicted molar refractivity (Wildman–Crippen MR) is 99.4 cm³/mol. The molecule has 124 valence electrons. The van der Waals surface area contributed by atoms with E-state index in [-0.39, 0.29) is 5.91 Å². The van der Waals surface area contributed by atoms with Crippen molar-refractivity contribution in [2.24, 2.45) is 0 Å². The van der Waals surface area contributed by atoms with E-state index in [1.807, 2.05) is 30.1 Å². The number of carbonyl (C=O) groups excluding carboxylic acids is 1. The van der Waals surface area contributed by atoms with E-state index >= 15 is 0 Å². The van der Waals surface area contributed by atoms with Crippen molar-refractivity contribution in [2.75, 3.05) is 32.6 Å². The molecule has 1 aromatic carbocycles. The molecule has 0 aliphatic carbocycles. The molecule has 5 nitrogen and oxygen atoms in total. The highest BCUT2D eigenvalue weighted by molar-refractivity contribution is 7.21. The summed E-state index contributed by atoms with van der Waals surface area (Å²) in [6, 6.07) is 12.4. The van der Waals surface area contributed by atoms with Gasteiger partial charge in [0.15, 0.2) is 0 Å². The average Bonchev–Trinajstić information content (AvgIpc) is 3.04. The van der Waals surface area contributed by atoms with Gasteiger partial charge in [0, 0.05) is 39.0 Å². The van der Waals surface area contributed by atoms with Crippen LogP contribution in [0.15, 0.2) is 42.7 Å². The molecule has 24 heavy (non-hydrogen) atoms. The Kier molecular flexibility index (Phi) is 4.76. The molecule has 3 rings (SSSR count). The fourth-order valence-corrected chi connectivity index (χ4v) is 3.48. The summed E-state index contributed by atoms with van der Waals surface area (Å²) >= 11 is 1.66. The van der Waals surface area contributed by atoms with Crippen LogP contribution in [0.5, 0.6) is 0 Å². The van der Waals surface area contributed by atoms with Gasteiger partial charge < -0.3 is 9.80 Å². The van der Waals surface area contributed by atoms with Gasteiger partial charge in [0.25, 0.3) is 0 Å². The molecule has 0 saturated heterocycles. The van der Waals surface area contributed by atoms with Crippen LogP contribution in [0.3, 0.4) is 0 Å². The van der Waals surface area contributed by atoms with Crippen LogP contribution in [0.25, 0.3) is 20.7 Å². The van der Waals surface area contributed by atoms with Crippen molar-refractivity contribution in [1.29, 1.82) is 0 Å². The van der Waals surface area contributed by atoms with Gasteiger partial charge in [0.05, 0.1) is 5.39 Å². The average molecular weight is 340 g/mol. The van der Waals surface area contributed by atoms with Crippen LogP contribution in [0.4, 0.5) is 5.82 Å². The third-order valence-corrected chi connectivity index (χ3v) is 4.98. The third-order valence-electron chi connectivity index (χ3n) is 3.89. The first-order valence-corrected chi connectivity index (χ1v) is 8.59. The fraction of sp³-hybridized carbons (Fsp3) is 0.278. The number of amides is 1. The van der Waals surface area contributed by atoms with E-state index in [2.05, 4.69) is 28.2 Å². The maximum atomic E-state index is 11.8. The molecular formula is C18H20N4OS. The Balaban J connectivity index is 1.88. The smallest absolute Gasteiger partial charge is 0.223 e. The van der Waals surface area contributed by atoms with Crippen LogP contribution >= 0.6 is 11.3 Å². The minimum absolute atomic E-state index is 0.113. The Bertz CT molecular complexity index is 845. The summed E-state index contributed by atoms with van der Waals surface area (Å²) in [4.78, 5) is 26.4. The van der Waals surface area contributed by atoms with Crippen molar-refractivity contribution >= 4 is 33.3 Å². The molecule has 3 aromatic rings. The van der Waals surface area contributed by atoms with Crippen molar-refractivity contribution < 1.29 is 4.79 Å². The lowest BCUT2D eigenvalue weighted by Gasteiger charge is -2.19. The maximum absolute atomic E-state index is 11.8. The predicted octanol–water partition coefficient (Wildman–Crippen LogP) is 3.27. The summed E-state index contributed by atoms with van der Waals surface area (Å²) in [6.07, 6.45) is 2.05. The van der Waals surface area contributed by atoms with Gasteiger partial charge in [0.2, 0.25) is 5.91 Å². The van der Waals surface area contributed by atoms with Gasteiger partial charge in [-0.1, -0.05) is 30.3 Å². The quantitative estimate of drug-likeness (QED) is 0.715. The highest BCUT2D eigenvalue weighted by atomic mass is 32.1. The number of hydrogen-bond donors (Lipinski definition) is 0. The Hall–Kier alpha value is -2.47. The monoisotopic (exact) mass is 340 g/mol. The van der Waals surface area contributed by atoms with Gasteiger partial charge in [-0.05, 0) is 11.6 Å². The Morgan fingerprint density at radius 3 is 2.58 bits per heavy atom. The molecule has 6 heteroatoms. The van der Waals surface area contributed by atoms with Crippen molar-refractivity contribution in [3.63, 3.8) is 0 Å². The zero-order chi connectivity index (χ0) is 17.1. The second kappa shape index (κ2) is 6.97. The zero-order valence-electron chi connectivity index (χ0n) is 14.1. The lowest BCUT2D eigenvalue weighted by molar-refractivity contribution is -0.128. The molecule has 0 saturated carbocycles. The van der Waals surface area contributed by atoms with Crippen molar-refractivity contribution in [2.45, 2.75) is 6.42 Å². The summed E-state index contributed by atoms with van der Waals surface area (Å²) in [7, 11) is 5.51. The molecule has 0 aliphatic rings. The second-order valence-corrected chi connectivity index (χ2v) is 6.88. The first-order chi connectivity index (χ1) is 11.6.